The van der Waals surface area contributed by atoms with Gasteiger partial charge in [-0.15, -0.1) is 11.3 Å². The Morgan fingerprint density at radius 2 is 2.56 bits per heavy atom. The molecule has 0 saturated heterocycles. The molecule has 0 aliphatic carbocycles. The van der Waals surface area contributed by atoms with E-state index in [1.54, 1.807) is 11.6 Å². The molecule has 84 valence electrons. The summed E-state index contributed by atoms with van der Waals surface area (Å²) in [7, 11) is 1.63. The van der Waals surface area contributed by atoms with Crippen molar-refractivity contribution < 1.29 is 9.53 Å². The summed E-state index contributed by atoms with van der Waals surface area (Å²) in [6.07, 6.45) is 7.14. The first kappa shape index (κ1) is 11.3. The Balaban J connectivity index is 2.33. The third kappa shape index (κ3) is 2.16. The van der Waals surface area contributed by atoms with Crippen molar-refractivity contribution in [3.8, 4) is 0 Å². The van der Waals surface area contributed by atoms with E-state index in [-0.39, 0.29) is 0 Å². The molecule has 0 radical (unpaired) electrons. The van der Waals surface area contributed by atoms with E-state index >= 15 is 0 Å². The van der Waals surface area contributed by atoms with E-state index in [0.29, 0.717) is 12.2 Å². The molecule has 2 rings (SSSR count). The number of halogens is 1. The number of carbonyl (C=O) groups is 1. The first-order valence-corrected chi connectivity index (χ1v) is 5.74. The number of aromatic nitrogens is 2. The Labute approximate surface area is 101 Å². The monoisotopic (exact) mass is 256 g/mol. The van der Waals surface area contributed by atoms with Gasteiger partial charge in [-0.05, 0) is 17.7 Å². The van der Waals surface area contributed by atoms with Crippen molar-refractivity contribution in [2.24, 2.45) is 0 Å². The summed E-state index contributed by atoms with van der Waals surface area (Å²) < 4.78 is 6.55. The van der Waals surface area contributed by atoms with Gasteiger partial charge in [0.05, 0.1) is 18.4 Å². The third-order valence-corrected chi connectivity index (χ3v) is 3.25. The van der Waals surface area contributed by atoms with Crippen LogP contribution in [0.3, 0.4) is 0 Å². The van der Waals surface area contributed by atoms with Gasteiger partial charge in [-0.25, -0.2) is 4.52 Å². The molecule has 0 amide bonds. The minimum absolute atomic E-state index is 0.443. The SMILES string of the molecule is COC/C=C/c1cn2ncc(C(=O)Cl)c2s1. The highest BCUT2D eigenvalue weighted by atomic mass is 35.5. The molecule has 0 bridgehead atoms. The summed E-state index contributed by atoms with van der Waals surface area (Å²) in [4.78, 5) is 12.8. The first-order valence-electron chi connectivity index (χ1n) is 4.55. The maximum atomic E-state index is 11.1. The summed E-state index contributed by atoms with van der Waals surface area (Å²) in [6.45, 7) is 0.557. The summed E-state index contributed by atoms with van der Waals surface area (Å²) in [5.41, 5.74) is 0.443. The molecule has 0 fully saturated rings. The first-order chi connectivity index (χ1) is 7.72. The fourth-order valence-corrected chi connectivity index (χ4v) is 2.46. The quantitative estimate of drug-likeness (QED) is 0.789. The zero-order valence-corrected chi connectivity index (χ0v) is 10.1. The van der Waals surface area contributed by atoms with E-state index in [2.05, 4.69) is 5.10 Å². The standard InChI is InChI=1S/C10H9ClN2O2S/c1-15-4-2-3-7-6-13-10(16-7)8(5-12-13)9(11)14/h2-3,5-6H,4H2,1H3/b3-2+. The second-order valence-corrected chi connectivity index (χ2v) is 4.48. The molecule has 0 aromatic carbocycles. The molecule has 0 atom stereocenters. The molecule has 6 heteroatoms. The summed E-state index contributed by atoms with van der Waals surface area (Å²) >= 11 is 6.90. The largest absolute Gasteiger partial charge is 0.381 e. The molecule has 0 N–H and O–H groups in total. The van der Waals surface area contributed by atoms with Crippen molar-refractivity contribution in [1.82, 2.24) is 9.61 Å². The van der Waals surface area contributed by atoms with Gasteiger partial charge in [0, 0.05) is 18.2 Å². The number of hydrogen-bond acceptors (Lipinski definition) is 4. The van der Waals surface area contributed by atoms with Crippen LogP contribution in [0.1, 0.15) is 15.2 Å². The Bertz CT molecular complexity index is 544. The zero-order chi connectivity index (χ0) is 11.5. The number of ether oxygens (including phenoxy) is 1. The molecule has 0 saturated carbocycles. The van der Waals surface area contributed by atoms with E-state index in [1.165, 1.54) is 17.5 Å². The third-order valence-electron chi connectivity index (χ3n) is 1.97. The number of thiazole rings is 1. The van der Waals surface area contributed by atoms with Crippen LogP contribution in [-0.4, -0.2) is 28.6 Å². The average Bonchev–Trinajstić information content (AvgIpc) is 2.76. The van der Waals surface area contributed by atoms with Crippen LogP contribution in [0.5, 0.6) is 0 Å². The Morgan fingerprint density at radius 1 is 1.75 bits per heavy atom. The van der Waals surface area contributed by atoms with Gasteiger partial charge in [0.25, 0.3) is 5.24 Å². The van der Waals surface area contributed by atoms with Crippen LogP contribution in [0.4, 0.5) is 0 Å². The smallest absolute Gasteiger partial charge is 0.257 e. The Hall–Kier alpha value is -1.17. The van der Waals surface area contributed by atoms with Crippen molar-refractivity contribution >= 4 is 39.1 Å². The lowest BCUT2D eigenvalue weighted by Crippen LogP contribution is -1.83. The van der Waals surface area contributed by atoms with Crippen molar-refractivity contribution in [2.45, 2.75) is 0 Å². The molecule has 0 unspecified atom stereocenters. The molecular formula is C10H9ClN2O2S. The van der Waals surface area contributed by atoms with Gasteiger partial charge >= 0.3 is 0 Å². The molecule has 16 heavy (non-hydrogen) atoms. The van der Waals surface area contributed by atoms with E-state index in [0.717, 1.165) is 9.71 Å². The highest BCUT2D eigenvalue weighted by molar-refractivity contribution is 7.18. The Kier molecular flexibility index (Phi) is 3.38. The lowest BCUT2D eigenvalue weighted by atomic mass is 10.4. The van der Waals surface area contributed by atoms with Gasteiger partial charge in [-0.3, -0.25) is 4.79 Å². The van der Waals surface area contributed by atoms with Crippen LogP contribution >= 0.6 is 22.9 Å². The maximum absolute atomic E-state index is 11.1. The van der Waals surface area contributed by atoms with Gasteiger partial charge in [0.2, 0.25) is 0 Å². The summed E-state index contributed by atoms with van der Waals surface area (Å²) in [5, 5.41) is 3.56. The van der Waals surface area contributed by atoms with Crippen LogP contribution in [0.15, 0.2) is 18.5 Å². The predicted octanol–water partition coefficient (Wildman–Crippen LogP) is 2.43. The molecule has 2 heterocycles. The molecule has 4 nitrogen and oxygen atoms in total. The molecule has 2 aromatic rings. The van der Waals surface area contributed by atoms with Gasteiger partial charge in [-0.2, -0.15) is 5.10 Å². The summed E-state index contributed by atoms with van der Waals surface area (Å²) in [5.74, 6) is 0. The lowest BCUT2D eigenvalue weighted by Gasteiger charge is -1.86. The van der Waals surface area contributed by atoms with Crippen LogP contribution in [-0.2, 0) is 4.74 Å². The fraction of sp³-hybridized carbons (Fsp3) is 0.200. The maximum Gasteiger partial charge on any atom is 0.257 e. The number of hydrogen-bond donors (Lipinski definition) is 0. The van der Waals surface area contributed by atoms with Crippen molar-refractivity contribution in [1.29, 1.82) is 0 Å². The highest BCUT2D eigenvalue weighted by Crippen LogP contribution is 2.23. The van der Waals surface area contributed by atoms with Crippen LogP contribution < -0.4 is 0 Å². The highest BCUT2D eigenvalue weighted by Gasteiger charge is 2.12. The van der Waals surface area contributed by atoms with Crippen LogP contribution in [0.2, 0.25) is 0 Å². The topological polar surface area (TPSA) is 43.6 Å². The molecule has 0 aliphatic rings. The van der Waals surface area contributed by atoms with Crippen molar-refractivity contribution in [2.75, 3.05) is 13.7 Å². The number of carbonyl (C=O) groups excluding carboxylic acids is 1. The van der Waals surface area contributed by atoms with Crippen molar-refractivity contribution in [3.63, 3.8) is 0 Å². The Morgan fingerprint density at radius 3 is 3.25 bits per heavy atom. The number of methoxy groups -OCH3 is 1. The predicted molar refractivity (Wildman–Crippen MR) is 64.2 cm³/mol. The molecular weight excluding hydrogens is 248 g/mol. The van der Waals surface area contributed by atoms with Gasteiger partial charge in [0.1, 0.15) is 4.83 Å². The number of fused-ring (bicyclic) bond motifs is 1. The lowest BCUT2D eigenvalue weighted by molar-refractivity contribution is 0.108. The fourth-order valence-electron chi connectivity index (χ4n) is 1.28. The number of rotatable bonds is 4. The minimum atomic E-state index is -0.482. The molecule has 2 aromatic heterocycles. The van der Waals surface area contributed by atoms with Gasteiger partial charge in [0.15, 0.2) is 0 Å². The van der Waals surface area contributed by atoms with Crippen LogP contribution in [0, 0.1) is 0 Å². The molecule has 0 spiro atoms. The van der Waals surface area contributed by atoms with Crippen molar-refractivity contribution in [3.05, 3.63) is 28.9 Å². The molecule has 0 aliphatic heterocycles. The van der Waals surface area contributed by atoms with E-state index in [1.807, 2.05) is 18.3 Å². The normalized spacial score (nSPS) is 11.6. The van der Waals surface area contributed by atoms with Gasteiger partial charge < -0.3 is 4.74 Å². The van der Waals surface area contributed by atoms with E-state index in [9.17, 15) is 4.79 Å². The summed E-state index contributed by atoms with van der Waals surface area (Å²) in [6, 6.07) is 0. The van der Waals surface area contributed by atoms with Crippen LogP contribution in [0.25, 0.3) is 10.9 Å². The van der Waals surface area contributed by atoms with E-state index < -0.39 is 5.24 Å². The van der Waals surface area contributed by atoms with E-state index in [4.69, 9.17) is 16.3 Å². The second kappa shape index (κ2) is 4.78. The zero-order valence-electron chi connectivity index (χ0n) is 8.51. The van der Waals surface area contributed by atoms with Gasteiger partial charge in [-0.1, -0.05) is 6.08 Å². The average molecular weight is 257 g/mol. The minimum Gasteiger partial charge on any atom is -0.381 e. The second-order valence-electron chi connectivity index (χ2n) is 3.07. The number of nitrogens with zero attached hydrogens (tertiary/aromatic N) is 2.